The van der Waals surface area contributed by atoms with Crippen molar-refractivity contribution < 1.29 is 18.8 Å². The topological polar surface area (TPSA) is 81.4 Å². The molecule has 3 aromatic rings. The van der Waals surface area contributed by atoms with E-state index >= 15 is 0 Å². The number of likely N-dealkylation sites (tertiary alicyclic amines) is 1. The minimum Gasteiger partial charge on any atom is -0.467 e. The Kier molecular flexibility index (Phi) is 4.52. The first-order valence-electron chi connectivity index (χ1n) is 8.72. The first-order valence-corrected chi connectivity index (χ1v) is 8.72. The second-order valence-electron chi connectivity index (χ2n) is 6.77. The number of piperidine rings is 1. The molecule has 1 aliphatic rings. The van der Waals surface area contributed by atoms with Gasteiger partial charge in [0.2, 0.25) is 5.82 Å². The van der Waals surface area contributed by atoms with Crippen molar-refractivity contribution in [2.45, 2.75) is 31.5 Å². The molecule has 8 heteroatoms. The molecule has 0 radical (unpaired) electrons. The van der Waals surface area contributed by atoms with E-state index < -0.39 is 5.60 Å². The number of hydrogen-bond donors (Lipinski definition) is 2. The molecule has 0 unspecified atom stereocenters. The Hall–Kier alpha value is -2.58. The maximum atomic E-state index is 14.0. The summed E-state index contributed by atoms with van der Waals surface area (Å²) in [6, 6.07) is 10.2. The Morgan fingerprint density at radius 1 is 1.19 bits per heavy atom. The number of aliphatic hydroxyl groups is 1. The normalized spacial score (nSPS) is 23.2. The second-order valence-corrected chi connectivity index (χ2v) is 6.77. The zero-order chi connectivity index (χ0) is 18.0. The van der Waals surface area contributed by atoms with E-state index in [4.69, 9.17) is 4.42 Å². The van der Waals surface area contributed by atoms with Crippen LogP contribution in [0.15, 0.2) is 47.1 Å². The number of furan rings is 1. The molecule has 2 N–H and O–H groups in total. The van der Waals surface area contributed by atoms with Crippen molar-refractivity contribution in [1.82, 2.24) is 20.2 Å². The lowest BCUT2D eigenvalue weighted by Gasteiger charge is -2.36. The molecule has 0 atom stereocenters. The van der Waals surface area contributed by atoms with Crippen molar-refractivity contribution >= 4 is 0 Å². The maximum Gasteiger partial charge on any atom is 0.206 e. The predicted octanol–water partition coefficient (Wildman–Crippen LogP) is 0.520. The van der Waals surface area contributed by atoms with Crippen molar-refractivity contribution in [2.24, 2.45) is 0 Å². The lowest BCUT2D eigenvalue weighted by atomic mass is 9.84. The van der Waals surface area contributed by atoms with Crippen LogP contribution in [0.4, 0.5) is 4.39 Å². The van der Waals surface area contributed by atoms with Crippen molar-refractivity contribution in [3.05, 3.63) is 65.6 Å². The van der Waals surface area contributed by atoms with Crippen LogP contribution in [0.2, 0.25) is 0 Å². The van der Waals surface area contributed by atoms with Crippen LogP contribution in [0.25, 0.3) is 0 Å². The summed E-state index contributed by atoms with van der Waals surface area (Å²) in [5.74, 6) is 1.22. The van der Waals surface area contributed by atoms with Crippen molar-refractivity contribution in [2.75, 3.05) is 13.1 Å². The lowest BCUT2D eigenvalue weighted by molar-refractivity contribution is -0.922. The SMILES string of the molecule is OC1(c2ccccc2F)CC[NH+](Cc2nnnn2Cc2ccco2)CC1. The van der Waals surface area contributed by atoms with Gasteiger partial charge in [-0.3, -0.25) is 0 Å². The van der Waals surface area contributed by atoms with E-state index in [1.165, 1.54) is 11.0 Å². The summed E-state index contributed by atoms with van der Waals surface area (Å²) in [6.07, 6.45) is 2.63. The molecule has 0 aliphatic carbocycles. The summed E-state index contributed by atoms with van der Waals surface area (Å²) in [7, 11) is 0. The summed E-state index contributed by atoms with van der Waals surface area (Å²) >= 11 is 0. The summed E-state index contributed by atoms with van der Waals surface area (Å²) in [5, 5.41) is 22.8. The molecule has 1 aliphatic heterocycles. The molecule has 0 bridgehead atoms. The Balaban J connectivity index is 1.40. The molecule has 0 spiro atoms. The van der Waals surface area contributed by atoms with E-state index in [0.29, 0.717) is 31.5 Å². The van der Waals surface area contributed by atoms with Gasteiger partial charge >= 0.3 is 0 Å². The van der Waals surface area contributed by atoms with Gasteiger partial charge in [0.15, 0.2) is 0 Å². The third kappa shape index (κ3) is 3.38. The first kappa shape index (κ1) is 16.9. The molecule has 0 amide bonds. The van der Waals surface area contributed by atoms with Gasteiger partial charge in [-0.25, -0.2) is 9.07 Å². The van der Waals surface area contributed by atoms with Crippen molar-refractivity contribution in [3.8, 4) is 0 Å². The Morgan fingerprint density at radius 2 is 2.00 bits per heavy atom. The monoisotopic (exact) mass is 358 g/mol. The molecule has 3 heterocycles. The number of aromatic nitrogens is 4. The number of quaternary nitrogens is 1. The molecule has 26 heavy (non-hydrogen) atoms. The molecule has 7 nitrogen and oxygen atoms in total. The molecule has 1 aromatic carbocycles. The fourth-order valence-corrected chi connectivity index (χ4v) is 3.55. The zero-order valence-electron chi connectivity index (χ0n) is 14.3. The van der Waals surface area contributed by atoms with Crippen LogP contribution in [-0.4, -0.2) is 38.4 Å². The minimum atomic E-state index is -1.10. The summed E-state index contributed by atoms with van der Waals surface area (Å²) in [5.41, 5.74) is -0.712. The fourth-order valence-electron chi connectivity index (χ4n) is 3.55. The number of nitrogens with one attached hydrogen (secondary N) is 1. The van der Waals surface area contributed by atoms with Crippen molar-refractivity contribution in [3.63, 3.8) is 0 Å². The highest BCUT2D eigenvalue weighted by Crippen LogP contribution is 2.31. The van der Waals surface area contributed by atoms with Gasteiger partial charge in [-0.05, 0) is 28.6 Å². The Bertz CT molecular complexity index is 856. The van der Waals surface area contributed by atoms with E-state index in [1.807, 2.05) is 12.1 Å². The number of tetrazole rings is 1. The van der Waals surface area contributed by atoms with Gasteiger partial charge in [0, 0.05) is 18.4 Å². The van der Waals surface area contributed by atoms with Crippen LogP contribution in [0, 0.1) is 5.82 Å². The van der Waals surface area contributed by atoms with Crippen LogP contribution < -0.4 is 4.90 Å². The average Bonchev–Trinajstić information content (AvgIpc) is 3.30. The van der Waals surface area contributed by atoms with E-state index in [0.717, 1.165) is 24.7 Å². The van der Waals surface area contributed by atoms with Gasteiger partial charge in [-0.15, -0.1) is 5.10 Å². The highest BCUT2D eigenvalue weighted by Gasteiger charge is 2.38. The molecule has 2 aromatic heterocycles. The van der Waals surface area contributed by atoms with Gasteiger partial charge < -0.3 is 14.4 Å². The predicted molar refractivity (Wildman–Crippen MR) is 89.6 cm³/mol. The Labute approximate surface area is 150 Å². The van der Waals surface area contributed by atoms with Crippen molar-refractivity contribution in [1.29, 1.82) is 0 Å². The van der Waals surface area contributed by atoms with Gasteiger partial charge in [0.05, 0.1) is 19.4 Å². The third-order valence-corrected chi connectivity index (χ3v) is 5.06. The van der Waals surface area contributed by atoms with Crippen LogP contribution in [-0.2, 0) is 18.7 Å². The Morgan fingerprint density at radius 3 is 2.73 bits per heavy atom. The van der Waals surface area contributed by atoms with Crippen LogP contribution >= 0.6 is 0 Å². The molecule has 0 saturated carbocycles. The first-order chi connectivity index (χ1) is 12.6. The smallest absolute Gasteiger partial charge is 0.206 e. The summed E-state index contributed by atoms with van der Waals surface area (Å²) in [4.78, 5) is 1.27. The van der Waals surface area contributed by atoms with E-state index in [9.17, 15) is 9.50 Å². The number of halogens is 1. The molecule has 4 rings (SSSR count). The molecule has 136 valence electrons. The summed E-state index contributed by atoms with van der Waals surface area (Å²) in [6.45, 7) is 2.58. The fraction of sp³-hybridized carbons (Fsp3) is 0.389. The molecular formula is C18H21FN5O2+. The zero-order valence-corrected chi connectivity index (χ0v) is 14.3. The largest absolute Gasteiger partial charge is 0.467 e. The lowest BCUT2D eigenvalue weighted by Crippen LogP contribution is -3.12. The van der Waals surface area contributed by atoms with Gasteiger partial charge in [0.1, 0.15) is 30.3 Å². The number of rotatable bonds is 5. The van der Waals surface area contributed by atoms with Crippen LogP contribution in [0.3, 0.4) is 0 Å². The second kappa shape index (κ2) is 6.97. The maximum absolute atomic E-state index is 14.0. The highest BCUT2D eigenvalue weighted by atomic mass is 19.1. The van der Waals surface area contributed by atoms with E-state index in [-0.39, 0.29) is 5.82 Å². The molecule has 1 fully saturated rings. The van der Waals surface area contributed by atoms with Gasteiger partial charge in [-0.1, -0.05) is 18.2 Å². The third-order valence-electron chi connectivity index (χ3n) is 5.06. The summed E-state index contributed by atoms with van der Waals surface area (Å²) < 4.78 is 21.1. The van der Waals surface area contributed by atoms with Crippen LogP contribution in [0.1, 0.15) is 30.0 Å². The van der Waals surface area contributed by atoms with E-state index in [1.54, 1.807) is 29.1 Å². The molecular weight excluding hydrogens is 337 g/mol. The van der Waals surface area contributed by atoms with Crippen LogP contribution in [0.5, 0.6) is 0 Å². The highest BCUT2D eigenvalue weighted by molar-refractivity contribution is 5.24. The number of benzene rings is 1. The van der Waals surface area contributed by atoms with E-state index in [2.05, 4.69) is 15.5 Å². The minimum absolute atomic E-state index is 0.346. The molecule has 1 saturated heterocycles. The number of nitrogens with zero attached hydrogens (tertiary/aromatic N) is 4. The van der Waals surface area contributed by atoms with Gasteiger partial charge in [0.25, 0.3) is 0 Å². The average molecular weight is 358 g/mol. The standard InChI is InChI=1S/C18H20FN5O2/c19-16-6-2-1-5-15(16)18(25)7-9-23(10-8-18)13-17-20-21-22-24(17)12-14-4-3-11-26-14/h1-6,11,25H,7-10,12-13H2/p+1. The quantitative estimate of drug-likeness (QED) is 0.695. The van der Waals surface area contributed by atoms with Gasteiger partial charge in [-0.2, -0.15) is 0 Å². The number of hydrogen-bond acceptors (Lipinski definition) is 5.